The van der Waals surface area contributed by atoms with Gasteiger partial charge in [0.1, 0.15) is 0 Å². The van der Waals surface area contributed by atoms with Crippen molar-refractivity contribution in [3.05, 3.63) is 40.7 Å². The second-order valence-corrected chi connectivity index (χ2v) is 4.83. The number of ether oxygens (including phenoxy) is 1. The van der Waals surface area contributed by atoms with Gasteiger partial charge in [-0.05, 0) is 6.92 Å². The number of carbonyl (C=O) groups excluding carboxylic acids is 1. The van der Waals surface area contributed by atoms with E-state index in [9.17, 15) is 4.79 Å². The van der Waals surface area contributed by atoms with Gasteiger partial charge in [0.2, 0.25) is 0 Å². The second-order valence-electron chi connectivity index (χ2n) is 3.89. The summed E-state index contributed by atoms with van der Waals surface area (Å²) in [6, 6.07) is 10.1. The fraction of sp³-hybridized carbons (Fsp3) is 0.286. The van der Waals surface area contributed by atoms with E-state index >= 15 is 0 Å². The molecule has 0 spiro atoms. The molecule has 100 valence electrons. The van der Waals surface area contributed by atoms with Crippen molar-refractivity contribution in [3.8, 4) is 11.3 Å². The first-order chi connectivity index (χ1) is 9.29. The summed E-state index contributed by atoms with van der Waals surface area (Å²) in [6.45, 7) is 2.72. The number of benzene rings is 1. The summed E-state index contributed by atoms with van der Waals surface area (Å²) in [5.41, 5.74) is 2.10. The van der Waals surface area contributed by atoms with Gasteiger partial charge in [-0.2, -0.15) is 0 Å². The molecular weight excluding hydrogens is 260 g/mol. The SMILES string of the molecule is CCOC(=O)NCCc1nc(-c2ccccc2)cs1. The maximum absolute atomic E-state index is 11.1. The van der Waals surface area contributed by atoms with E-state index in [-0.39, 0.29) is 6.09 Å². The molecule has 19 heavy (non-hydrogen) atoms. The molecule has 1 heterocycles. The van der Waals surface area contributed by atoms with E-state index < -0.39 is 0 Å². The molecule has 0 aliphatic rings. The molecule has 4 nitrogen and oxygen atoms in total. The number of alkyl carbamates (subject to hydrolysis) is 1. The van der Waals surface area contributed by atoms with Crippen molar-refractivity contribution in [2.45, 2.75) is 13.3 Å². The van der Waals surface area contributed by atoms with Gasteiger partial charge in [-0.15, -0.1) is 11.3 Å². The van der Waals surface area contributed by atoms with Crippen LogP contribution in [0.3, 0.4) is 0 Å². The van der Waals surface area contributed by atoms with E-state index in [1.165, 1.54) is 0 Å². The fourth-order valence-corrected chi connectivity index (χ4v) is 2.43. The van der Waals surface area contributed by atoms with E-state index in [1.54, 1.807) is 18.3 Å². The van der Waals surface area contributed by atoms with E-state index in [2.05, 4.69) is 10.3 Å². The van der Waals surface area contributed by atoms with Gasteiger partial charge < -0.3 is 10.1 Å². The average Bonchev–Trinajstić information content (AvgIpc) is 2.89. The minimum Gasteiger partial charge on any atom is -0.450 e. The van der Waals surface area contributed by atoms with Crippen molar-refractivity contribution >= 4 is 17.4 Å². The third-order valence-electron chi connectivity index (χ3n) is 2.50. The largest absolute Gasteiger partial charge is 0.450 e. The Balaban J connectivity index is 1.86. The van der Waals surface area contributed by atoms with Gasteiger partial charge in [-0.25, -0.2) is 9.78 Å². The first-order valence-electron chi connectivity index (χ1n) is 6.20. The minimum absolute atomic E-state index is 0.373. The third-order valence-corrected chi connectivity index (χ3v) is 3.41. The normalized spacial score (nSPS) is 10.2. The number of amides is 1. The minimum atomic E-state index is -0.373. The summed E-state index contributed by atoms with van der Waals surface area (Å²) < 4.78 is 4.79. The number of nitrogens with zero attached hydrogens (tertiary/aromatic N) is 1. The van der Waals surface area contributed by atoms with Crippen LogP contribution in [0.5, 0.6) is 0 Å². The predicted molar refractivity (Wildman–Crippen MR) is 76.3 cm³/mol. The Kier molecular flexibility index (Phi) is 4.92. The first kappa shape index (κ1) is 13.5. The van der Waals surface area contributed by atoms with Crippen LogP contribution in [0.15, 0.2) is 35.7 Å². The molecule has 0 aliphatic carbocycles. The van der Waals surface area contributed by atoms with Crippen molar-refractivity contribution in [1.29, 1.82) is 0 Å². The summed E-state index contributed by atoms with van der Waals surface area (Å²) in [4.78, 5) is 15.7. The highest BCUT2D eigenvalue weighted by atomic mass is 32.1. The highest BCUT2D eigenvalue weighted by Crippen LogP contribution is 2.21. The summed E-state index contributed by atoms with van der Waals surface area (Å²) in [6.07, 6.45) is 0.346. The molecular formula is C14H16N2O2S. The quantitative estimate of drug-likeness (QED) is 0.913. The number of thiazole rings is 1. The van der Waals surface area contributed by atoms with Gasteiger partial charge >= 0.3 is 6.09 Å². The summed E-state index contributed by atoms with van der Waals surface area (Å²) in [7, 11) is 0. The topological polar surface area (TPSA) is 51.2 Å². The number of nitrogens with one attached hydrogen (secondary N) is 1. The van der Waals surface area contributed by atoms with Gasteiger partial charge in [-0.3, -0.25) is 0 Å². The Bertz CT molecular complexity index is 525. The van der Waals surface area contributed by atoms with Crippen LogP contribution >= 0.6 is 11.3 Å². The van der Waals surface area contributed by atoms with E-state index in [1.807, 2.05) is 35.7 Å². The number of rotatable bonds is 5. The Morgan fingerprint density at radius 3 is 2.89 bits per heavy atom. The fourth-order valence-electron chi connectivity index (χ4n) is 1.62. The second kappa shape index (κ2) is 6.89. The molecule has 1 aromatic heterocycles. The van der Waals surface area contributed by atoms with Gasteiger partial charge in [0.15, 0.2) is 0 Å². The van der Waals surface area contributed by atoms with Gasteiger partial charge in [0.05, 0.1) is 17.3 Å². The average molecular weight is 276 g/mol. The van der Waals surface area contributed by atoms with Crippen LogP contribution in [-0.2, 0) is 11.2 Å². The Morgan fingerprint density at radius 2 is 2.16 bits per heavy atom. The van der Waals surface area contributed by atoms with Crippen molar-refractivity contribution in [2.75, 3.05) is 13.2 Å². The standard InChI is InChI=1S/C14H16N2O2S/c1-2-18-14(17)15-9-8-13-16-12(10-19-13)11-6-4-3-5-7-11/h3-7,10H,2,8-9H2,1H3,(H,15,17). The molecule has 0 radical (unpaired) electrons. The molecule has 0 saturated carbocycles. The molecule has 0 atom stereocenters. The predicted octanol–water partition coefficient (Wildman–Crippen LogP) is 3.10. The Morgan fingerprint density at radius 1 is 1.37 bits per heavy atom. The number of hydrogen-bond acceptors (Lipinski definition) is 4. The molecule has 2 rings (SSSR count). The lowest BCUT2D eigenvalue weighted by molar-refractivity contribution is 0.152. The Labute approximate surface area is 116 Å². The van der Waals surface area contributed by atoms with Crippen molar-refractivity contribution in [2.24, 2.45) is 0 Å². The summed E-state index contributed by atoms with van der Waals surface area (Å²) >= 11 is 1.61. The van der Waals surface area contributed by atoms with Crippen molar-refractivity contribution in [1.82, 2.24) is 10.3 Å². The zero-order valence-corrected chi connectivity index (χ0v) is 11.6. The number of carbonyl (C=O) groups is 1. The van der Waals surface area contributed by atoms with E-state index in [4.69, 9.17) is 4.74 Å². The molecule has 1 aromatic carbocycles. The van der Waals surface area contributed by atoms with Crippen LogP contribution in [0.25, 0.3) is 11.3 Å². The lowest BCUT2D eigenvalue weighted by atomic mass is 10.2. The number of hydrogen-bond donors (Lipinski definition) is 1. The third kappa shape index (κ3) is 4.06. The van der Waals surface area contributed by atoms with E-state index in [0.717, 1.165) is 22.7 Å². The zero-order chi connectivity index (χ0) is 13.5. The van der Waals surface area contributed by atoms with E-state index in [0.29, 0.717) is 13.2 Å². The molecule has 0 aliphatic heterocycles. The molecule has 0 unspecified atom stereocenters. The maximum Gasteiger partial charge on any atom is 0.407 e. The Hall–Kier alpha value is -1.88. The monoisotopic (exact) mass is 276 g/mol. The number of aromatic nitrogens is 1. The van der Waals surface area contributed by atoms with Crippen molar-refractivity contribution < 1.29 is 9.53 Å². The highest BCUT2D eigenvalue weighted by Gasteiger charge is 2.05. The molecule has 5 heteroatoms. The first-order valence-corrected chi connectivity index (χ1v) is 7.08. The highest BCUT2D eigenvalue weighted by molar-refractivity contribution is 7.09. The van der Waals surface area contributed by atoms with Crippen LogP contribution in [-0.4, -0.2) is 24.2 Å². The molecule has 1 N–H and O–H groups in total. The lowest BCUT2D eigenvalue weighted by Gasteiger charge is -2.03. The van der Waals surface area contributed by atoms with Gasteiger partial charge in [-0.1, -0.05) is 30.3 Å². The smallest absolute Gasteiger partial charge is 0.407 e. The molecule has 1 amide bonds. The molecule has 0 bridgehead atoms. The zero-order valence-electron chi connectivity index (χ0n) is 10.8. The van der Waals surface area contributed by atoms with Crippen LogP contribution < -0.4 is 5.32 Å². The van der Waals surface area contributed by atoms with Gasteiger partial charge in [0, 0.05) is 23.9 Å². The van der Waals surface area contributed by atoms with Crippen LogP contribution in [0.2, 0.25) is 0 Å². The molecule has 2 aromatic rings. The van der Waals surface area contributed by atoms with Crippen LogP contribution in [0, 0.1) is 0 Å². The van der Waals surface area contributed by atoms with Gasteiger partial charge in [0.25, 0.3) is 0 Å². The summed E-state index contributed by atoms with van der Waals surface area (Å²) in [5.74, 6) is 0. The van der Waals surface area contributed by atoms with Crippen LogP contribution in [0.4, 0.5) is 4.79 Å². The summed E-state index contributed by atoms with van der Waals surface area (Å²) in [5, 5.41) is 5.73. The van der Waals surface area contributed by atoms with Crippen LogP contribution in [0.1, 0.15) is 11.9 Å². The lowest BCUT2D eigenvalue weighted by Crippen LogP contribution is -2.26. The maximum atomic E-state index is 11.1. The molecule has 0 saturated heterocycles. The van der Waals surface area contributed by atoms with Crippen molar-refractivity contribution in [3.63, 3.8) is 0 Å². The molecule has 0 fully saturated rings.